The maximum absolute atomic E-state index is 12.8. The molecule has 2 heterocycles. The molecule has 20 heavy (non-hydrogen) atoms. The molecule has 1 atom stereocenters. The normalized spacial score (nSPS) is 20.6. The Morgan fingerprint density at radius 3 is 3.00 bits per heavy atom. The van der Waals surface area contributed by atoms with Gasteiger partial charge in [0.25, 0.3) is 0 Å². The van der Waals surface area contributed by atoms with Gasteiger partial charge in [0.05, 0.1) is 11.7 Å². The van der Waals surface area contributed by atoms with Crippen molar-refractivity contribution in [3.05, 3.63) is 18.2 Å². The zero-order valence-electron chi connectivity index (χ0n) is 11.1. The van der Waals surface area contributed by atoms with E-state index in [4.69, 9.17) is 0 Å². The number of sulfonamides is 1. The lowest BCUT2D eigenvalue weighted by Gasteiger charge is -2.30. The van der Waals surface area contributed by atoms with Gasteiger partial charge in [-0.2, -0.15) is 13.1 Å². The molecule has 0 aliphatic carbocycles. The predicted molar refractivity (Wildman–Crippen MR) is 78.3 cm³/mol. The second kappa shape index (κ2) is 5.36. The van der Waals surface area contributed by atoms with Gasteiger partial charge >= 0.3 is 0 Å². The molecule has 0 radical (unpaired) electrons. The number of aromatic nitrogens is 2. The topological polar surface area (TPSA) is 75.2 Å². The molecule has 1 aromatic heterocycles. The number of nitrogens with zero attached hydrogens (tertiary/aromatic N) is 3. The van der Waals surface area contributed by atoms with Gasteiger partial charge in [-0.15, -0.1) is 0 Å². The SMILES string of the molecule is CN(C1CCCNC1)S(=O)(=O)c1cccc2nsnc12. The lowest BCUT2D eigenvalue weighted by atomic mass is 10.1. The van der Waals surface area contributed by atoms with Crippen LogP contribution < -0.4 is 5.32 Å². The van der Waals surface area contributed by atoms with E-state index in [0.717, 1.165) is 31.1 Å². The van der Waals surface area contributed by atoms with Crippen LogP contribution in [0, 0.1) is 0 Å². The molecular formula is C12H16N4O2S2. The van der Waals surface area contributed by atoms with Gasteiger partial charge in [-0.3, -0.25) is 0 Å². The fourth-order valence-electron chi connectivity index (χ4n) is 2.48. The van der Waals surface area contributed by atoms with Crippen molar-refractivity contribution in [2.75, 3.05) is 20.1 Å². The third-order valence-corrected chi connectivity index (χ3v) is 6.18. The van der Waals surface area contributed by atoms with Gasteiger partial charge in [0.15, 0.2) is 0 Å². The monoisotopic (exact) mass is 312 g/mol. The molecule has 1 N–H and O–H groups in total. The second-order valence-electron chi connectivity index (χ2n) is 4.91. The van der Waals surface area contributed by atoms with Crippen LogP contribution in [0.15, 0.2) is 23.1 Å². The van der Waals surface area contributed by atoms with Crippen LogP contribution in [0.1, 0.15) is 12.8 Å². The molecule has 1 saturated heterocycles. The third-order valence-electron chi connectivity index (χ3n) is 3.69. The van der Waals surface area contributed by atoms with Crippen molar-refractivity contribution < 1.29 is 8.42 Å². The van der Waals surface area contributed by atoms with Crippen LogP contribution in [-0.4, -0.2) is 47.6 Å². The highest BCUT2D eigenvalue weighted by Gasteiger charge is 2.30. The van der Waals surface area contributed by atoms with Gasteiger partial charge in [-0.05, 0) is 31.5 Å². The van der Waals surface area contributed by atoms with Gasteiger partial charge < -0.3 is 5.32 Å². The Balaban J connectivity index is 2.00. The van der Waals surface area contributed by atoms with Gasteiger partial charge in [-0.1, -0.05) is 6.07 Å². The van der Waals surface area contributed by atoms with Crippen molar-refractivity contribution in [3.63, 3.8) is 0 Å². The number of hydrogen-bond donors (Lipinski definition) is 1. The van der Waals surface area contributed by atoms with Crippen LogP contribution in [0.5, 0.6) is 0 Å². The van der Waals surface area contributed by atoms with Crippen LogP contribution in [-0.2, 0) is 10.0 Å². The summed E-state index contributed by atoms with van der Waals surface area (Å²) in [5.74, 6) is 0. The largest absolute Gasteiger partial charge is 0.315 e. The number of benzene rings is 1. The highest BCUT2D eigenvalue weighted by molar-refractivity contribution is 7.89. The molecule has 1 unspecified atom stereocenters. The fraction of sp³-hybridized carbons (Fsp3) is 0.500. The number of piperidine rings is 1. The maximum Gasteiger partial charge on any atom is 0.245 e. The van der Waals surface area contributed by atoms with Crippen molar-refractivity contribution in [2.24, 2.45) is 0 Å². The Morgan fingerprint density at radius 1 is 1.40 bits per heavy atom. The molecule has 0 spiro atoms. The van der Waals surface area contributed by atoms with Crippen molar-refractivity contribution in [2.45, 2.75) is 23.8 Å². The number of likely N-dealkylation sites (N-methyl/N-ethyl adjacent to an activating group) is 1. The Kier molecular flexibility index (Phi) is 3.72. The Hall–Kier alpha value is -1.09. The molecule has 1 aromatic carbocycles. The van der Waals surface area contributed by atoms with Gasteiger partial charge in [0.1, 0.15) is 15.9 Å². The Morgan fingerprint density at radius 2 is 2.25 bits per heavy atom. The minimum absolute atomic E-state index is 0.00407. The third kappa shape index (κ3) is 2.32. The van der Waals surface area contributed by atoms with Crippen LogP contribution >= 0.6 is 11.7 Å². The lowest BCUT2D eigenvalue weighted by molar-refractivity contribution is 0.300. The second-order valence-corrected chi connectivity index (χ2v) is 7.40. The Bertz CT molecular complexity index is 707. The van der Waals surface area contributed by atoms with Crippen LogP contribution in [0.25, 0.3) is 11.0 Å². The number of hydrogen-bond acceptors (Lipinski definition) is 6. The molecular weight excluding hydrogens is 296 g/mol. The summed E-state index contributed by atoms with van der Waals surface area (Å²) in [6.07, 6.45) is 1.88. The summed E-state index contributed by atoms with van der Waals surface area (Å²) in [6.45, 7) is 1.65. The van der Waals surface area contributed by atoms with Crippen molar-refractivity contribution >= 4 is 32.8 Å². The standard InChI is InChI=1S/C12H16N4O2S2/c1-16(9-4-3-7-13-8-9)20(17,18)11-6-2-5-10-12(11)15-19-14-10/h2,5-6,9,13H,3-4,7-8H2,1H3. The number of rotatable bonds is 3. The molecule has 0 bridgehead atoms. The molecule has 108 valence electrons. The van der Waals surface area contributed by atoms with Crippen molar-refractivity contribution in [1.29, 1.82) is 0 Å². The van der Waals surface area contributed by atoms with E-state index in [1.165, 1.54) is 4.31 Å². The summed E-state index contributed by atoms with van der Waals surface area (Å²) in [5, 5.41) is 3.24. The Labute approximate surface area is 122 Å². The highest BCUT2D eigenvalue weighted by Crippen LogP contribution is 2.25. The predicted octanol–water partition coefficient (Wildman–Crippen LogP) is 1.06. The van der Waals surface area contributed by atoms with Gasteiger partial charge in [0.2, 0.25) is 10.0 Å². The van der Waals surface area contributed by atoms with Crippen LogP contribution in [0.4, 0.5) is 0 Å². The van der Waals surface area contributed by atoms with E-state index in [0.29, 0.717) is 17.6 Å². The summed E-state index contributed by atoms with van der Waals surface area (Å²) < 4.78 is 35.2. The smallest absolute Gasteiger partial charge is 0.245 e. The summed E-state index contributed by atoms with van der Waals surface area (Å²) in [7, 11) is -1.89. The van der Waals surface area contributed by atoms with Crippen molar-refractivity contribution in [3.8, 4) is 0 Å². The zero-order valence-corrected chi connectivity index (χ0v) is 12.7. The van der Waals surface area contributed by atoms with E-state index in [2.05, 4.69) is 14.1 Å². The van der Waals surface area contributed by atoms with Crippen molar-refractivity contribution in [1.82, 2.24) is 18.4 Å². The first kappa shape index (κ1) is 13.9. The molecule has 2 aromatic rings. The molecule has 0 amide bonds. The number of nitrogens with one attached hydrogen (secondary N) is 1. The summed E-state index contributed by atoms with van der Waals surface area (Å²) in [5.41, 5.74) is 1.10. The minimum Gasteiger partial charge on any atom is -0.315 e. The van der Waals surface area contributed by atoms with E-state index >= 15 is 0 Å². The lowest BCUT2D eigenvalue weighted by Crippen LogP contribution is -2.46. The van der Waals surface area contributed by atoms with Crippen LogP contribution in [0.3, 0.4) is 0 Å². The molecule has 1 fully saturated rings. The van der Waals surface area contributed by atoms with Gasteiger partial charge in [0, 0.05) is 19.6 Å². The zero-order chi connectivity index (χ0) is 14.2. The first-order chi connectivity index (χ1) is 9.60. The molecule has 1 aliphatic rings. The average molecular weight is 312 g/mol. The molecule has 6 nitrogen and oxygen atoms in total. The minimum atomic E-state index is -3.54. The molecule has 3 rings (SSSR count). The van der Waals surface area contributed by atoms with E-state index in [1.807, 2.05) is 0 Å². The maximum atomic E-state index is 12.8. The molecule has 0 saturated carbocycles. The number of fused-ring (bicyclic) bond motifs is 1. The summed E-state index contributed by atoms with van der Waals surface area (Å²) in [6, 6.07) is 5.09. The van der Waals surface area contributed by atoms with Gasteiger partial charge in [-0.25, -0.2) is 8.42 Å². The summed E-state index contributed by atoms with van der Waals surface area (Å²) >= 11 is 1.04. The highest BCUT2D eigenvalue weighted by atomic mass is 32.2. The van der Waals surface area contributed by atoms with E-state index < -0.39 is 10.0 Å². The average Bonchev–Trinajstić information content (AvgIpc) is 2.95. The molecule has 8 heteroatoms. The van der Waals surface area contributed by atoms with Crippen LogP contribution in [0.2, 0.25) is 0 Å². The van der Waals surface area contributed by atoms with E-state index in [1.54, 1.807) is 25.2 Å². The van der Waals surface area contributed by atoms with E-state index in [9.17, 15) is 8.42 Å². The quantitative estimate of drug-likeness (QED) is 0.917. The molecule has 1 aliphatic heterocycles. The first-order valence-electron chi connectivity index (χ1n) is 6.51. The summed E-state index contributed by atoms with van der Waals surface area (Å²) in [4.78, 5) is 0.247. The fourth-order valence-corrected chi connectivity index (χ4v) is 4.62. The first-order valence-corrected chi connectivity index (χ1v) is 8.68. The van der Waals surface area contributed by atoms with E-state index in [-0.39, 0.29) is 10.9 Å².